The van der Waals surface area contributed by atoms with Crippen molar-refractivity contribution in [2.24, 2.45) is 11.1 Å². The Morgan fingerprint density at radius 2 is 1.79 bits per heavy atom. The fourth-order valence-corrected chi connectivity index (χ4v) is 3.04. The number of hydrogen-bond acceptors (Lipinski definition) is 3. The third-order valence-electron chi connectivity index (χ3n) is 4.35. The predicted octanol–water partition coefficient (Wildman–Crippen LogP) is 1.69. The normalized spacial score (nSPS) is 26.2. The fourth-order valence-electron chi connectivity index (χ4n) is 3.04. The smallest absolute Gasteiger partial charge is 0.240 e. The molecule has 1 aliphatic heterocycles. The summed E-state index contributed by atoms with van der Waals surface area (Å²) in [4.78, 5) is 16.9. The summed E-state index contributed by atoms with van der Waals surface area (Å²) in [5.41, 5.74) is 6.02. The number of nitrogens with zero attached hydrogens (tertiary/aromatic N) is 2. The zero-order valence-electron chi connectivity index (χ0n) is 13.4. The first-order valence-corrected chi connectivity index (χ1v) is 7.48. The highest BCUT2D eigenvalue weighted by Crippen LogP contribution is 2.30. The maximum absolute atomic E-state index is 12.7. The number of amides is 1. The van der Waals surface area contributed by atoms with E-state index >= 15 is 0 Å². The van der Waals surface area contributed by atoms with Gasteiger partial charge in [-0.3, -0.25) is 9.69 Å². The third-order valence-corrected chi connectivity index (χ3v) is 4.35. The molecule has 19 heavy (non-hydrogen) atoms. The molecule has 1 rings (SSSR count). The molecular weight excluding hydrogens is 238 g/mol. The first kappa shape index (κ1) is 16.4. The summed E-state index contributed by atoms with van der Waals surface area (Å²) >= 11 is 0. The Hall–Kier alpha value is -0.610. The molecule has 2 unspecified atom stereocenters. The van der Waals surface area contributed by atoms with E-state index in [-0.39, 0.29) is 29.4 Å². The van der Waals surface area contributed by atoms with Gasteiger partial charge >= 0.3 is 0 Å². The van der Waals surface area contributed by atoms with Gasteiger partial charge in [0.05, 0.1) is 6.04 Å². The van der Waals surface area contributed by atoms with E-state index in [2.05, 4.69) is 39.5 Å². The lowest BCUT2D eigenvalue weighted by Gasteiger charge is -2.36. The van der Waals surface area contributed by atoms with Crippen LogP contribution in [-0.2, 0) is 4.79 Å². The number of likely N-dealkylation sites (tertiary alicyclic amines) is 1. The van der Waals surface area contributed by atoms with E-state index in [0.717, 1.165) is 19.5 Å². The van der Waals surface area contributed by atoms with Crippen LogP contribution in [0.25, 0.3) is 0 Å². The zero-order chi connectivity index (χ0) is 14.8. The highest BCUT2D eigenvalue weighted by molar-refractivity contribution is 5.82. The molecule has 0 aromatic heterocycles. The third kappa shape index (κ3) is 3.69. The van der Waals surface area contributed by atoms with Crippen molar-refractivity contribution in [1.29, 1.82) is 0 Å². The molecule has 1 heterocycles. The van der Waals surface area contributed by atoms with E-state index in [1.54, 1.807) is 0 Å². The minimum atomic E-state index is -0.0434. The van der Waals surface area contributed by atoms with Gasteiger partial charge in [-0.2, -0.15) is 0 Å². The Morgan fingerprint density at radius 1 is 1.26 bits per heavy atom. The lowest BCUT2D eigenvalue weighted by Crippen LogP contribution is -2.51. The van der Waals surface area contributed by atoms with E-state index in [0.29, 0.717) is 6.54 Å². The van der Waals surface area contributed by atoms with Crippen molar-refractivity contribution in [2.45, 2.75) is 66.1 Å². The first-order valence-electron chi connectivity index (χ1n) is 7.48. The minimum absolute atomic E-state index is 0.0434. The second-order valence-electron chi connectivity index (χ2n) is 6.84. The maximum atomic E-state index is 12.7. The Bertz CT molecular complexity index is 309. The molecule has 2 atom stereocenters. The summed E-state index contributed by atoms with van der Waals surface area (Å²) in [6.45, 7) is 15.2. The molecule has 2 N–H and O–H groups in total. The molecule has 1 aliphatic rings. The van der Waals surface area contributed by atoms with E-state index in [1.807, 2.05) is 11.8 Å². The number of carbonyl (C=O) groups excluding carboxylic acids is 1. The van der Waals surface area contributed by atoms with Gasteiger partial charge in [0, 0.05) is 18.6 Å². The van der Waals surface area contributed by atoms with Gasteiger partial charge in [-0.05, 0) is 59.5 Å². The second kappa shape index (κ2) is 6.23. The van der Waals surface area contributed by atoms with Crippen LogP contribution in [0.2, 0.25) is 0 Å². The van der Waals surface area contributed by atoms with Gasteiger partial charge in [-0.1, -0.05) is 6.92 Å². The lowest BCUT2D eigenvalue weighted by molar-refractivity contribution is -0.139. The first-order chi connectivity index (χ1) is 8.72. The largest absolute Gasteiger partial charge is 0.336 e. The average Bonchev–Trinajstić information content (AvgIpc) is 2.70. The number of rotatable bonds is 5. The molecule has 4 nitrogen and oxygen atoms in total. The van der Waals surface area contributed by atoms with Crippen LogP contribution in [0.15, 0.2) is 0 Å². The van der Waals surface area contributed by atoms with Crippen LogP contribution in [0.3, 0.4) is 0 Å². The molecule has 0 aliphatic carbocycles. The van der Waals surface area contributed by atoms with Crippen molar-refractivity contribution >= 4 is 5.91 Å². The number of carbonyl (C=O) groups is 1. The van der Waals surface area contributed by atoms with E-state index in [4.69, 9.17) is 5.73 Å². The summed E-state index contributed by atoms with van der Waals surface area (Å²) in [7, 11) is 0. The monoisotopic (exact) mass is 269 g/mol. The predicted molar refractivity (Wildman–Crippen MR) is 79.9 cm³/mol. The number of nitrogens with two attached hydrogens (primary N) is 1. The minimum Gasteiger partial charge on any atom is -0.336 e. The highest BCUT2D eigenvalue weighted by atomic mass is 16.2. The molecular formula is C15H31N3O. The van der Waals surface area contributed by atoms with E-state index in [1.165, 1.54) is 0 Å². The fraction of sp³-hybridized carbons (Fsp3) is 0.933. The standard InChI is InChI=1S/C15H31N3O/c1-11(2)18(12(3)4)14(19)13(5)17-8-7-15(6,9-16)10-17/h11-13H,7-10,16H2,1-6H3. The van der Waals surface area contributed by atoms with Gasteiger partial charge in [0.15, 0.2) is 0 Å². The van der Waals surface area contributed by atoms with E-state index < -0.39 is 0 Å². The van der Waals surface area contributed by atoms with Crippen molar-refractivity contribution in [2.75, 3.05) is 19.6 Å². The molecule has 0 aromatic rings. The van der Waals surface area contributed by atoms with Crippen LogP contribution in [0.1, 0.15) is 48.0 Å². The van der Waals surface area contributed by atoms with Crippen LogP contribution < -0.4 is 5.73 Å². The molecule has 1 fully saturated rings. The van der Waals surface area contributed by atoms with Gasteiger partial charge in [0.25, 0.3) is 0 Å². The SMILES string of the molecule is CC(C(=O)N(C(C)C)C(C)C)N1CCC(C)(CN)C1. The van der Waals surface area contributed by atoms with Crippen molar-refractivity contribution in [3.63, 3.8) is 0 Å². The van der Waals surface area contributed by atoms with Crippen LogP contribution in [0, 0.1) is 5.41 Å². The molecule has 0 radical (unpaired) electrons. The lowest BCUT2D eigenvalue weighted by atomic mass is 9.90. The van der Waals surface area contributed by atoms with Gasteiger partial charge in [-0.15, -0.1) is 0 Å². The van der Waals surface area contributed by atoms with Gasteiger partial charge in [-0.25, -0.2) is 0 Å². The molecule has 4 heteroatoms. The molecule has 1 saturated heterocycles. The quantitative estimate of drug-likeness (QED) is 0.826. The van der Waals surface area contributed by atoms with Crippen molar-refractivity contribution < 1.29 is 4.79 Å². The Kier molecular flexibility index (Phi) is 5.39. The summed E-state index contributed by atoms with van der Waals surface area (Å²) < 4.78 is 0. The second-order valence-corrected chi connectivity index (χ2v) is 6.84. The summed E-state index contributed by atoms with van der Waals surface area (Å²) in [6.07, 6.45) is 1.09. The molecule has 0 aromatic carbocycles. The molecule has 1 amide bonds. The van der Waals surface area contributed by atoms with Crippen LogP contribution in [0.4, 0.5) is 0 Å². The van der Waals surface area contributed by atoms with Gasteiger partial charge in [0.2, 0.25) is 5.91 Å². The number of hydrogen-bond donors (Lipinski definition) is 1. The summed E-state index contributed by atoms with van der Waals surface area (Å²) in [6, 6.07) is 0.454. The molecule has 0 spiro atoms. The van der Waals surface area contributed by atoms with E-state index in [9.17, 15) is 4.79 Å². The molecule has 0 bridgehead atoms. The summed E-state index contributed by atoms with van der Waals surface area (Å²) in [5.74, 6) is 0.242. The topological polar surface area (TPSA) is 49.6 Å². The average molecular weight is 269 g/mol. The van der Waals surface area contributed by atoms with Crippen molar-refractivity contribution in [3.05, 3.63) is 0 Å². The molecule has 0 saturated carbocycles. The Labute approximate surface area is 118 Å². The van der Waals surface area contributed by atoms with Crippen LogP contribution >= 0.6 is 0 Å². The van der Waals surface area contributed by atoms with Gasteiger partial charge in [0.1, 0.15) is 0 Å². The zero-order valence-corrected chi connectivity index (χ0v) is 13.4. The summed E-state index contributed by atoms with van der Waals surface area (Å²) in [5, 5.41) is 0. The van der Waals surface area contributed by atoms with Crippen LogP contribution in [0.5, 0.6) is 0 Å². The highest BCUT2D eigenvalue weighted by Gasteiger charge is 2.38. The maximum Gasteiger partial charge on any atom is 0.240 e. The Balaban J connectivity index is 2.72. The van der Waals surface area contributed by atoms with Crippen molar-refractivity contribution in [3.8, 4) is 0 Å². The van der Waals surface area contributed by atoms with Gasteiger partial charge < -0.3 is 10.6 Å². The van der Waals surface area contributed by atoms with Crippen LogP contribution in [-0.4, -0.2) is 53.5 Å². The van der Waals surface area contributed by atoms with Crippen molar-refractivity contribution in [1.82, 2.24) is 9.80 Å². The molecule has 112 valence electrons. The Morgan fingerprint density at radius 3 is 2.16 bits per heavy atom.